The number of likely N-dealkylation sites (tertiary alicyclic amines) is 1. The third-order valence-electron chi connectivity index (χ3n) is 3.14. The molecule has 1 rings (SSSR count). The van der Waals surface area contributed by atoms with Gasteiger partial charge in [-0.3, -0.25) is 4.79 Å². The van der Waals surface area contributed by atoms with Crippen molar-refractivity contribution in [1.29, 1.82) is 0 Å². The van der Waals surface area contributed by atoms with E-state index in [1.54, 1.807) is 4.90 Å². The Labute approximate surface area is 91.4 Å². The van der Waals surface area contributed by atoms with Gasteiger partial charge in [0, 0.05) is 0 Å². The third kappa shape index (κ3) is 2.49. The molecule has 0 bridgehead atoms. The minimum absolute atomic E-state index is 0.0550. The smallest absolute Gasteiger partial charge is 0.240 e. The van der Waals surface area contributed by atoms with Gasteiger partial charge in [-0.2, -0.15) is 0 Å². The van der Waals surface area contributed by atoms with Gasteiger partial charge in [-0.1, -0.05) is 27.7 Å². The van der Waals surface area contributed by atoms with E-state index in [1.165, 1.54) is 0 Å². The van der Waals surface area contributed by atoms with Gasteiger partial charge in [-0.05, 0) is 11.8 Å². The minimum Gasteiger partial charge on any atom is -0.386 e. The number of hydrogen-bond donors (Lipinski definition) is 2. The van der Waals surface area contributed by atoms with Crippen LogP contribution in [0.4, 0.5) is 0 Å². The highest BCUT2D eigenvalue weighted by molar-refractivity contribution is 5.83. The van der Waals surface area contributed by atoms with Crippen molar-refractivity contribution in [2.45, 2.75) is 45.8 Å². The predicted octanol–water partition coefficient (Wildman–Crippen LogP) is 0.343. The van der Waals surface area contributed by atoms with Crippen LogP contribution in [0.5, 0.6) is 0 Å². The fourth-order valence-electron chi connectivity index (χ4n) is 1.61. The van der Waals surface area contributed by atoms with Crippen LogP contribution in [0.3, 0.4) is 0 Å². The molecule has 3 N–H and O–H groups in total. The molecule has 88 valence electrons. The molecule has 4 nitrogen and oxygen atoms in total. The van der Waals surface area contributed by atoms with Crippen LogP contribution >= 0.6 is 0 Å². The highest BCUT2D eigenvalue weighted by atomic mass is 16.3. The topological polar surface area (TPSA) is 66.6 Å². The number of amides is 1. The molecule has 0 aromatic rings. The van der Waals surface area contributed by atoms with Gasteiger partial charge in [0.2, 0.25) is 5.91 Å². The largest absolute Gasteiger partial charge is 0.386 e. The maximum atomic E-state index is 11.9. The van der Waals surface area contributed by atoms with E-state index in [-0.39, 0.29) is 11.3 Å². The van der Waals surface area contributed by atoms with Gasteiger partial charge >= 0.3 is 0 Å². The van der Waals surface area contributed by atoms with Gasteiger partial charge in [0.1, 0.15) is 0 Å². The average molecular weight is 214 g/mol. The van der Waals surface area contributed by atoms with Crippen molar-refractivity contribution in [2.24, 2.45) is 11.1 Å². The Balaban J connectivity index is 2.52. The molecule has 0 aromatic carbocycles. The van der Waals surface area contributed by atoms with Crippen molar-refractivity contribution in [2.75, 3.05) is 13.1 Å². The van der Waals surface area contributed by atoms with E-state index in [0.29, 0.717) is 19.5 Å². The summed E-state index contributed by atoms with van der Waals surface area (Å²) in [6.45, 7) is 8.61. The summed E-state index contributed by atoms with van der Waals surface area (Å²) >= 11 is 0. The zero-order chi connectivity index (χ0) is 11.9. The summed E-state index contributed by atoms with van der Waals surface area (Å²) in [7, 11) is 0. The lowest BCUT2D eigenvalue weighted by Crippen LogP contribution is -2.66. The zero-order valence-electron chi connectivity index (χ0n) is 10.1. The quantitative estimate of drug-likeness (QED) is 0.696. The normalized spacial score (nSPS) is 22.1. The fourth-order valence-corrected chi connectivity index (χ4v) is 1.61. The molecule has 4 heteroatoms. The van der Waals surface area contributed by atoms with Crippen molar-refractivity contribution >= 4 is 5.91 Å². The van der Waals surface area contributed by atoms with Crippen LogP contribution < -0.4 is 5.73 Å². The molecule has 1 aliphatic heterocycles. The van der Waals surface area contributed by atoms with Crippen LogP contribution in [0, 0.1) is 5.41 Å². The van der Waals surface area contributed by atoms with Gasteiger partial charge in [-0.25, -0.2) is 0 Å². The van der Waals surface area contributed by atoms with Gasteiger partial charge in [0.05, 0.1) is 24.7 Å². The number of aliphatic hydroxyl groups is 1. The standard InChI is InChI=1S/C11H22N2O2/c1-5-11(15)6-13(7-11)9(14)8(12)10(2,3)4/h8,15H,5-7,12H2,1-4H3. The Morgan fingerprint density at radius 3 is 2.33 bits per heavy atom. The summed E-state index contributed by atoms with van der Waals surface area (Å²) in [6.07, 6.45) is 0.682. The van der Waals surface area contributed by atoms with Crippen LogP contribution in [-0.4, -0.2) is 40.6 Å². The first kappa shape index (κ1) is 12.5. The Morgan fingerprint density at radius 2 is 2.00 bits per heavy atom. The van der Waals surface area contributed by atoms with Crippen molar-refractivity contribution in [3.63, 3.8) is 0 Å². The van der Waals surface area contributed by atoms with E-state index in [4.69, 9.17) is 5.73 Å². The molecule has 0 spiro atoms. The van der Waals surface area contributed by atoms with Gasteiger partial charge in [0.15, 0.2) is 0 Å². The molecule has 1 unspecified atom stereocenters. The summed E-state index contributed by atoms with van der Waals surface area (Å²) < 4.78 is 0. The van der Waals surface area contributed by atoms with Crippen molar-refractivity contribution in [3.8, 4) is 0 Å². The minimum atomic E-state index is -0.673. The molecule has 0 saturated carbocycles. The zero-order valence-corrected chi connectivity index (χ0v) is 10.1. The number of nitrogens with two attached hydrogens (primary N) is 1. The number of rotatable bonds is 2. The molecular weight excluding hydrogens is 192 g/mol. The highest BCUT2D eigenvalue weighted by Gasteiger charge is 2.44. The van der Waals surface area contributed by atoms with E-state index >= 15 is 0 Å². The van der Waals surface area contributed by atoms with Crippen LogP contribution in [0.25, 0.3) is 0 Å². The molecule has 1 atom stereocenters. The molecule has 0 aliphatic carbocycles. The molecule has 1 fully saturated rings. The molecule has 15 heavy (non-hydrogen) atoms. The predicted molar refractivity (Wildman–Crippen MR) is 59.3 cm³/mol. The number of hydrogen-bond acceptors (Lipinski definition) is 3. The average Bonchev–Trinajstić information content (AvgIpc) is 2.09. The lowest BCUT2D eigenvalue weighted by atomic mass is 9.84. The number of carbonyl (C=O) groups excluding carboxylic acids is 1. The maximum Gasteiger partial charge on any atom is 0.240 e. The Bertz CT molecular complexity index is 252. The monoisotopic (exact) mass is 214 g/mol. The van der Waals surface area contributed by atoms with Crippen LogP contribution in [0.2, 0.25) is 0 Å². The molecule has 1 amide bonds. The Kier molecular flexibility index (Phi) is 3.12. The van der Waals surface area contributed by atoms with E-state index in [2.05, 4.69) is 0 Å². The molecule has 1 aliphatic rings. The maximum absolute atomic E-state index is 11.9. The molecule has 0 aromatic heterocycles. The van der Waals surface area contributed by atoms with E-state index in [9.17, 15) is 9.90 Å². The van der Waals surface area contributed by atoms with Crippen molar-refractivity contribution in [1.82, 2.24) is 4.90 Å². The third-order valence-corrected chi connectivity index (χ3v) is 3.14. The molecular formula is C11H22N2O2. The second-order valence-electron chi connectivity index (χ2n) is 5.62. The van der Waals surface area contributed by atoms with Crippen LogP contribution in [-0.2, 0) is 4.79 Å². The summed E-state index contributed by atoms with van der Waals surface area (Å²) in [5.74, 6) is -0.0550. The lowest BCUT2D eigenvalue weighted by molar-refractivity contribution is -0.159. The Hall–Kier alpha value is -0.610. The van der Waals surface area contributed by atoms with Gasteiger partial charge < -0.3 is 15.7 Å². The molecule has 0 radical (unpaired) electrons. The van der Waals surface area contributed by atoms with Crippen LogP contribution in [0.15, 0.2) is 0 Å². The second-order valence-corrected chi connectivity index (χ2v) is 5.62. The first-order valence-electron chi connectivity index (χ1n) is 5.46. The van der Waals surface area contributed by atoms with Crippen molar-refractivity contribution in [3.05, 3.63) is 0 Å². The van der Waals surface area contributed by atoms with E-state index < -0.39 is 11.6 Å². The Morgan fingerprint density at radius 1 is 1.53 bits per heavy atom. The number of β-amino-alcohol motifs (C(OH)–C–C–N with tert-alkyl or cyclic N) is 1. The lowest BCUT2D eigenvalue weighted by Gasteiger charge is -2.48. The van der Waals surface area contributed by atoms with Gasteiger partial charge in [0.25, 0.3) is 0 Å². The first-order chi connectivity index (χ1) is 6.69. The molecule has 1 heterocycles. The number of nitrogens with zero attached hydrogens (tertiary/aromatic N) is 1. The summed E-state index contributed by atoms with van der Waals surface area (Å²) in [5.41, 5.74) is 4.96. The summed E-state index contributed by atoms with van der Waals surface area (Å²) in [5, 5.41) is 9.79. The van der Waals surface area contributed by atoms with Crippen molar-refractivity contribution < 1.29 is 9.90 Å². The van der Waals surface area contributed by atoms with E-state index in [0.717, 1.165) is 0 Å². The van der Waals surface area contributed by atoms with Crippen LogP contribution in [0.1, 0.15) is 34.1 Å². The summed E-state index contributed by atoms with van der Waals surface area (Å²) in [4.78, 5) is 13.5. The first-order valence-corrected chi connectivity index (χ1v) is 5.46. The van der Waals surface area contributed by atoms with Gasteiger partial charge in [-0.15, -0.1) is 0 Å². The second kappa shape index (κ2) is 3.76. The summed E-state index contributed by atoms with van der Waals surface area (Å²) in [6, 6.07) is -0.487. The highest BCUT2D eigenvalue weighted by Crippen LogP contribution is 2.27. The fraction of sp³-hybridized carbons (Fsp3) is 0.909. The number of carbonyl (C=O) groups is 1. The SMILES string of the molecule is CCC1(O)CN(C(=O)C(N)C(C)(C)C)C1. The molecule has 1 saturated heterocycles. The van der Waals surface area contributed by atoms with E-state index in [1.807, 2.05) is 27.7 Å².